The monoisotopic (exact) mass is 324 g/mol. The molecule has 0 radical (unpaired) electrons. The maximum atomic E-state index is 12.4. The molecule has 0 aromatic carbocycles. The second-order valence-corrected chi connectivity index (χ2v) is 6.99. The Balaban J connectivity index is 1.97. The Morgan fingerprint density at radius 2 is 2.32 bits per heavy atom. The van der Waals surface area contributed by atoms with Gasteiger partial charge >= 0.3 is 0 Å². The molecule has 2 heterocycles. The van der Waals surface area contributed by atoms with Crippen LogP contribution in [0, 0.1) is 12.8 Å². The number of nitrogens with one attached hydrogen (secondary N) is 1. The third-order valence-electron chi connectivity index (χ3n) is 3.48. The molecule has 1 aromatic rings. The minimum Gasteiger partial charge on any atom is -0.384 e. The van der Waals surface area contributed by atoms with E-state index in [9.17, 15) is 4.79 Å². The largest absolute Gasteiger partial charge is 0.384 e. The number of aryl methyl sites for hydroxylation is 1. The molecule has 1 aliphatic rings. The fourth-order valence-corrected chi connectivity index (χ4v) is 3.39. The summed E-state index contributed by atoms with van der Waals surface area (Å²) in [6.07, 6.45) is 2.23. The van der Waals surface area contributed by atoms with E-state index in [1.54, 1.807) is 6.07 Å². The van der Waals surface area contributed by atoms with Crippen molar-refractivity contribution in [3.63, 3.8) is 0 Å². The topological polar surface area (TPSA) is 90.1 Å². The van der Waals surface area contributed by atoms with E-state index in [0.29, 0.717) is 17.5 Å². The third kappa shape index (κ3) is 4.84. The van der Waals surface area contributed by atoms with Gasteiger partial charge in [0.15, 0.2) is 5.16 Å². The van der Waals surface area contributed by atoms with Gasteiger partial charge in [0.2, 0.25) is 5.91 Å². The van der Waals surface area contributed by atoms with E-state index in [0.717, 1.165) is 25.1 Å². The van der Waals surface area contributed by atoms with Gasteiger partial charge in [0, 0.05) is 24.9 Å². The Hall–Kier alpha value is -1.34. The van der Waals surface area contributed by atoms with Gasteiger partial charge in [-0.1, -0.05) is 25.6 Å². The average molecular weight is 324 g/mol. The highest BCUT2D eigenvalue weighted by Gasteiger charge is 2.26. The molecule has 1 amide bonds. The lowest BCUT2D eigenvalue weighted by Gasteiger charge is -2.20. The van der Waals surface area contributed by atoms with Crippen molar-refractivity contribution in [3.05, 3.63) is 11.8 Å². The van der Waals surface area contributed by atoms with Crippen LogP contribution in [0.4, 0.5) is 5.82 Å². The van der Waals surface area contributed by atoms with Crippen LogP contribution >= 0.6 is 11.8 Å². The summed E-state index contributed by atoms with van der Waals surface area (Å²) in [5, 5.41) is 3.28. The molecule has 2 atom stereocenters. The van der Waals surface area contributed by atoms with Crippen LogP contribution in [-0.4, -0.2) is 40.4 Å². The number of amides is 1. The lowest BCUT2D eigenvalue weighted by atomic mass is 10.1. The summed E-state index contributed by atoms with van der Waals surface area (Å²) in [6, 6.07) is 1.71. The van der Waals surface area contributed by atoms with Gasteiger partial charge in [-0.25, -0.2) is 9.97 Å². The van der Waals surface area contributed by atoms with Crippen molar-refractivity contribution in [2.45, 2.75) is 50.1 Å². The van der Waals surface area contributed by atoms with E-state index < -0.39 is 0 Å². The summed E-state index contributed by atoms with van der Waals surface area (Å²) in [6.45, 7) is 7.26. The first-order valence-corrected chi connectivity index (χ1v) is 8.51. The Morgan fingerprint density at radius 3 is 2.91 bits per heavy atom. The lowest BCUT2D eigenvalue weighted by Crippen LogP contribution is -2.39. The number of ether oxygens (including phenoxy) is 1. The summed E-state index contributed by atoms with van der Waals surface area (Å²) in [4.78, 5) is 21.0. The lowest BCUT2D eigenvalue weighted by molar-refractivity contribution is -0.121. The number of carbonyl (C=O) groups excluding carboxylic acids is 1. The molecular formula is C15H24N4O2S. The molecule has 122 valence electrons. The molecule has 6 nitrogen and oxygen atoms in total. The molecule has 3 N–H and O–H groups in total. The summed E-state index contributed by atoms with van der Waals surface area (Å²) in [7, 11) is 0. The summed E-state index contributed by atoms with van der Waals surface area (Å²) < 4.78 is 5.53. The molecular weight excluding hydrogens is 300 g/mol. The van der Waals surface area contributed by atoms with Gasteiger partial charge in [0.25, 0.3) is 0 Å². The van der Waals surface area contributed by atoms with Crippen molar-refractivity contribution in [2.75, 3.05) is 18.9 Å². The summed E-state index contributed by atoms with van der Waals surface area (Å²) in [5.74, 6) is 0.594. The highest BCUT2D eigenvalue weighted by Crippen LogP contribution is 2.26. The minimum atomic E-state index is -0.248. The maximum absolute atomic E-state index is 12.4. The number of rotatable bonds is 6. The van der Waals surface area contributed by atoms with Crippen LogP contribution in [0.2, 0.25) is 0 Å². The van der Waals surface area contributed by atoms with E-state index >= 15 is 0 Å². The molecule has 7 heteroatoms. The van der Waals surface area contributed by atoms with Gasteiger partial charge < -0.3 is 15.8 Å². The van der Waals surface area contributed by atoms with Crippen molar-refractivity contribution in [1.29, 1.82) is 0 Å². The van der Waals surface area contributed by atoms with Crippen molar-refractivity contribution < 1.29 is 9.53 Å². The van der Waals surface area contributed by atoms with E-state index in [1.165, 1.54) is 11.8 Å². The highest BCUT2D eigenvalue weighted by molar-refractivity contribution is 8.00. The summed E-state index contributed by atoms with van der Waals surface area (Å²) >= 11 is 1.36. The van der Waals surface area contributed by atoms with Crippen LogP contribution in [0.25, 0.3) is 0 Å². The van der Waals surface area contributed by atoms with Gasteiger partial charge in [-0.3, -0.25) is 4.79 Å². The van der Waals surface area contributed by atoms with Gasteiger partial charge in [0.05, 0.1) is 11.4 Å². The average Bonchev–Trinajstić information content (AvgIpc) is 2.94. The zero-order valence-corrected chi connectivity index (χ0v) is 14.2. The number of nitrogen functional groups attached to an aromatic ring is 1. The molecule has 1 aliphatic heterocycles. The minimum absolute atomic E-state index is 0.000762. The number of anilines is 1. The van der Waals surface area contributed by atoms with Crippen LogP contribution in [-0.2, 0) is 9.53 Å². The number of thioether (sulfide) groups is 1. The maximum Gasteiger partial charge on any atom is 0.233 e. The number of aromatic nitrogens is 2. The second kappa shape index (κ2) is 7.78. The molecule has 0 bridgehead atoms. The fourth-order valence-electron chi connectivity index (χ4n) is 2.34. The first kappa shape index (κ1) is 17.0. The third-order valence-corrected chi connectivity index (χ3v) is 4.88. The Labute approximate surface area is 135 Å². The van der Waals surface area contributed by atoms with Crippen LogP contribution in [0.15, 0.2) is 11.2 Å². The highest BCUT2D eigenvalue weighted by atomic mass is 32.2. The molecule has 2 rings (SSSR count). The first-order valence-electron chi connectivity index (χ1n) is 7.63. The quantitative estimate of drug-likeness (QED) is 0.612. The second-order valence-electron chi connectivity index (χ2n) is 5.88. The molecule has 0 saturated carbocycles. The van der Waals surface area contributed by atoms with E-state index in [-0.39, 0.29) is 23.2 Å². The first-order chi connectivity index (χ1) is 10.5. The van der Waals surface area contributed by atoms with E-state index in [4.69, 9.17) is 10.5 Å². The van der Waals surface area contributed by atoms with Gasteiger partial charge in [-0.15, -0.1) is 0 Å². The molecule has 1 fully saturated rings. The zero-order chi connectivity index (χ0) is 16.1. The number of carbonyl (C=O) groups is 1. The van der Waals surface area contributed by atoms with Crippen LogP contribution < -0.4 is 11.1 Å². The van der Waals surface area contributed by atoms with Crippen molar-refractivity contribution in [1.82, 2.24) is 15.3 Å². The Morgan fingerprint density at radius 1 is 1.55 bits per heavy atom. The molecule has 0 spiro atoms. The SMILES string of the molecule is Cc1cc(N)nc(S[C@H](C(=O)NC[C@@H]2CCCO2)C(C)C)n1. The van der Waals surface area contributed by atoms with E-state index in [1.807, 2.05) is 20.8 Å². The zero-order valence-electron chi connectivity index (χ0n) is 13.3. The normalized spacial score (nSPS) is 19.4. The smallest absolute Gasteiger partial charge is 0.233 e. The van der Waals surface area contributed by atoms with Crippen LogP contribution in [0.3, 0.4) is 0 Å². The number of hydrogen-bond acceptors (Lipinski definition) is 6. The molecule has 22 heavy (non-hydrogen) atoms. The standard InChI is InChI=1S/C15H24N4O2S/c1-9(2)13(14(20)17-8-11-5-4-6-21-11)22-15-18-10(3)7-12(16)19-15/h7,9,11,13H,4-6,8H2,1-3H3,(H,17,20)(H2,16,18,19)/t11-,13-/m0/s1. The number of nitrogens with zero attached hydrogens (tertiary/aromatic N) is 2. The van der Waals surface area contributed by atoms with Crippen molar-refractivity contribution in [3.8, 4) is 0 Å². The number of nitrogens with two attached hydrogens (primary N) is 1. The molecule has 1 aromatic heterocycles. The van der Waals surface area contributed by atoms with Crippen LogP contribution in [0.1, 0.15) is 32.4 Å². The van der Waals surface area contributed by atoms with Crippen molar-refractivity contribution in [2.24, 2.45) is 5.92 Å². The Bertz CT molecular complexity index is 498. The van der Waals surface area contributed by atoms with Gasteiger partial charge in [-0.05, 0) is 25.7 Å². The predicted molar refractivity (Wildman–Crippen MR) is 87.6 cm³/mol. The Kier molecular flexibility index (Phi) is 6.02. The molecule has 0 aliphatic carbocycles. The number of hydrogen-bond donors (Lipinski definition) is 2. The van der Waals surface area contributed by atoms with Gasteiger partial charge in [-0.2, -0.15) is 0 Å². The molecule has 0 unspecified atom stereocenters. The summed E-state index contributed by atoms with van der Waals surface area (Å²) in [5.41, 5.74) is 6.55. The van der Waals surface area contributed by atoms with E-state index in [2.05, 4.69) is 15.3 Å². The molecule has 1 saturated heterocycles. The fraction of sp³-hybridized carbons (Fsp3) is 0.667. The van der Waals surface area contributed by atoms with Crippen LogP contribution in [0.5, 0.6) is 0 Å². The van der Waals surface area contributed by atoms with Gasteiger partial charge in [0.1, 0.15) is 5.82 Å². The van der Waals surface area contributed by atoms with Crippen molar-refractivity contribution >= 4 is 23.5 Å². The predicted octanol–water partition coefficient (Wildman–Crippen LogP) is 1.78.